The number of fused-ring (bicyclic) bond motifs is 1. The minimum atomic E-state index is -3.91. The lowest BCUT2D eigenvalue weighted by molar-refractivity contribution is 0.137. The molecule has 8 nitrogen and oxygen atoms in total. The van der Waals surface area contributed by atoms with Crippen molar-refractivity contribution in [3.8, 4) is 5.75 Å². The quantitative estimate of drug-likeness (QED) is 0.278. The van der Waals surface area contributed by atoms with Crippen LogP contribution in [0.1, 0.15) is 56.4 Å². The zero-order valence-electron chi connectivity index (χ0n) is 18.7. The number of hydrogen-bond acceptors (Lipinski definition) is 5. The molecule has 1 atom stereocenters. The van der Waals surface area contributed by atoms with Crippen LogP contribution in [-0.4, -0.2) is 31.7 Å². The van der Waals surface area contributed by atoms with E-state index in [-0.39, 0.29) is 28.2 Å². The third kappa shape index (κ3) is 5.36. The standard InChI is InChI=1S/C20H31N5O3S2/c1-11(2)8-15(10-22-25-21)23-19(29)24-30(26,27)18-13(4)12(3)17-16(14(18)5)9-20(6,7)28-17/h11,15H,8-10H2,1-7H3,(H2,23,24,29)/t15-/m0/s1. The van der Waals surface area contributed by atoms with Crippen LogP contribution < -0.4 is 14.8 Å². The van der Waals surface area contributed by atoms with Crippen molar-refractivity contribution in [3.63, 3.8) is 0 Å². The summed E-state index contributed by atoms with van der Waals surface area (Å²) in [6.07, 6.45) is 1.33. The molecule has 0 bridgehead atoms. The molecule has 2 rings (SSSR count). The number of thiocarbonyl (C=S) groups is 1. The molecular weight excluding hydrogens is 422 g/mol. The van der Waals surface area contributed by atoms with Gasteiger partial charge in [-0.05, 0) is 81.4 Å². The van der Waals surface area contributed by atoms with Crippen LogP contribution in [-0.2, 0) is 16.4 Å². The summed E-state index contributed by atoms with van der Waals surface area (Å²) < 4.78 is 35.1. The van der Waals surface area contributed by atoms with E-state index in [1.54, 1.807) is 6.92 Å². The first kappa shape index (κ1) is 24.2. The number of sulfonamides is 1. The molecule has 0 aliphatic carbocycles. The van der Waals surface area contributed by atoms with Gasteiger partial charge in [-0.25, -0.2) is 8.42 Å². The highest BCUT2D eigenvalue weighted by molar-refractivity contribution is 7.92. The van der Waals surface area contributed by atoms with Crippen molar-refractivity contribution in [3.05, 3.63) is 32.7 Å². The topological polar surface area (TPSA) is 116 Å². The number of azide groups is 1. The molecule has 0 spiro atoms. The van der Waals surface area contributed by atoms with Crippen molar-refractivity contribution in [2.24, 2.45) is 11.0 Å². The Morgan fingerprint density at radius 1 is 1.27 bits per heavy atom. The van der Waals surface area contributed by atoms with Crippen molar-refractivity contribution >= 4 is 27.4 Å². The van der Waals surface area contributed by atoms with E-state index in [0.717, 1.165) is 16.9 Å². The van der Waals surface area contributed by atoms with E-state index in [9.17, 15) is 8.42 Å². The first-order valence-corrected chi connectivity index (χ1v) is 11.8. The Labute approximate surface area is 184 Å². The summed E-state index contributed by atoms with van der Waals surface area (Å²) in [4.78, 5) is 3.02. The summed E-state index contributed by atoms with van der Waals surface area (Å²) in [6, 6.07) is -0.255. The van der Waals surface area contributed by atoms with Crippen molar-refractivity contribution in [1.29, 1.82) is 0 Å². The Bertz CT molecular complexity index is 996. The smallest absolute Gasteiger partial charge is 0.264 e. The van der Waals surface area contributed by atoms with Gasteiger partial charge in [0.05, 0.1) is 4.90 Å². The van der Waals surface area contributed by atoms with Gasteiger partial charge < -0.3 is 10.1 Å². The number of nitrogens with zero attached hydrogens (tertiary/aromatic N) is 3. The SMILES string of the molecule is Cc1c(C)c(S(=O)(=O)NC(=S)N[C@H](CN=[N+]=[N-])CC(C)C)c(C)c2c1OC(C)(C)C2. The van der Waals surface area contributed by atoms with E-state index < -0.39 is 10.0 Å². The highest BCUT2D eigenvalue weighted by Crippen LogP contribution is 2.43. The van der Waals surface area contributed by atoms with Gasteiger partial charge >= 0.3 is 0 Å². The van der Waals surface area contributed by atoms with Crippen LogP contribution >= 0.6 is 12.2 Å². The Hall–Kier alpha value is -2.03. The maximum absolute atomic E-state index is 13.3. The van der Waals surface area contributed by atoms with Crippen molar-refractivity contribution < 1.29 is 13.2 Å². The Morgan fingerprint density at radius 3 is 2.47 bits per heavy atom. The molecule has 1 heterocycles. The Kier molecular flexibility index (Phi) is 7.27. The molecule has 1 aliphatic rings. The van der Waals surface area contributed by atoms with Gasteiger partial charge in [0.2, 0.25) is 0 Å². The molecule has 0 unspecified atom stereocenters. The first-order chi connectivity index (χ1) is 13.8. The van der Waals surface area contributed by atoms with Crippen molar-refractivity contribution in [2.75, 3.05) is 6.54 Å². The molecule has 0 saturated carbocycles. The van der Waals surface area contributed by atoms with Gasteiger partial charge in [-0.3, -0.25) is 4.72 Å². The van der Waals surface area contributed by atoms with Crippen molar-refractivity contribution in [1.82, 2.24) is 10.0 Å². The molecule has 0 amide bonds. The van der Waals surface area contributed by atoms with Gasteiger partial charge in [-0.2, -0.15) is 0 Å². The molecule has 30 heavy (non-hydrogen) atoms. The van der Waals surface area contributed by atoms with Crippen LogP contribution in [0.15, 0.2) is 10.0 Å². The van der Waals surface area contributed by atoms with Crippen molar-refractivity contribution in [2.45, 2.75) is 77.8 Å². The second kappa shape index (κ2) is 8.99. The van der Waals surface area contributed by atoms with E-state index in [0.29, 0.717) is 29.9 Å². The maximum atomic E-state index is 13.3. The second-order valence-corrected chi connectivity index (χ2v) is 10.9. The molecule has 0 aromatic heterocycles. The van der Waals surface area contributed by atoms with Crippen LogP contribution in [0, 0.1) is 26.7 Å². The van der Waals surface area contributed by atoms with Crippen LogP contribution in [0.3, 0.4) is 0 Å². The van der Waals surface area contributed by atoms with Gasteiger partial charge in [0.15, 0.2) is 5.11 Å². The summed E-state index contributed by atoms with van der Waals surface area (Å²) >= 11 is 5.28. The van der Waals surface area contributed by atoms with Gasteiger partial charge in [-0.1, -0.05) is 19.0 Å². The van der Waals surface area contributed by atoms with Crippen LogP contribution in [0.5, 0.6) is 5.75 Å². The lowest BCUT2D eigenvalue weighted by Gasteiger charge is -2.22. The maximum Gasteiger partial charge on any atom is 0.264 e. The van der Waals surface area contributed by atoms with Crippen LogP contribution in [0.4, 0.5) is 0 Å². The lowest BCUT2D eigenvalue weighted by Crippen LogP contribution is -2.46. The monoisotopic (exact) mass is 453 g/mol. The first-order valence-electron chi connectivity index (χ1n) is 9.95. The predicted octanol–water partition coefficient (Wildman–Crippen LogP) is 4.20. The minimum absolute atomic E-state index is 0.0117. The fourth-order valence-corrected chi connectivity index (χ4v) is 5.90. The normalized spacial score (nSPS) is 15.7. The number of benzene rings is 1. The lowest BCUT2D eigenvalue weighted by atomic mass is 9.94. The van der Waals surface area contributed by atoms with E-state index in [1.807, 2.05) is 41.5 Å². The Balaban J connectivity index is 2.33. The average Bonchev–Trinajstić information content (AvgIpc) is 2.92. The third-order valence-electron chi connectivity index (χ3n) is 5.24. The predicted molar refractivity (Wildman–Crippen MR) is 122 cm³/mol. The summed E-state index contributed by atoms with van der Waals surface area (Å²) in [5, 5.41) is 6.56. The number of nitrogens with one attached hydrogen (secondary N) is 2. The second-order valence-electron chi connectivity index (χ2n) is 8.87. The van der Waals surface area contributed by atoms with E-state index in [4.69, 9.17) is 22.5 Å². The Morgan fingerprint density at radius 2 is 1.90 bits per heavy atom. The van der Waals surface area contributed by atoms with Gasteiger partial charge in [0, 0.05) is 29.5 Å². The van der Waals surface area contributed by atoms with Gasteiger partial charge in [0.1, 0.15) is 11.4 Å². The molecular formula is C20H31N5O3S2. The number of ether oxygens (including phenoxy) is 1. The van der Waals surface area contributed by atoms with Gasteiger partial charge in [-0.15, -0.1) is 0 Å². The molecule has 10 heteroatoms. The van der Waals surface area contributed by atoms with Gasteiger partial charge in [0.25, 0.3) is 10.0 Å². The third-order valence-corrected chi connectivity index (χ3v) is 7.22. The molecule has 0 radical (unpaired) electrons. The summed E-state index contributed by atoms with van der Waals surface area (Å²) in [5.74, 6) is 1.10. The number of hydrogen-bond donors (Lipinski definition) is 2. The largest absolute Gasteiger partial charge is 0.487 e. The average molecular weight is 454 g/mol. The highest BCUT2D eigenvalue weighted by atomic mass is 32.2. The molecule has 0 fully saturated rings. The minimum Gasteiger partial charge on any atom is -0.487 e. The molecule has 2 N–H and O–H groups in total. The van der Waals surface area contributed by atoms with E-state index in [2.05, 4.69) is 20.1 Å². The number of rotatable bonds is 7. The fourth-order valence-electron chi connectivity index (χ4n) is 3.92. The summed E-state index contributed by atoms with van der Waals surface area (Å²) in [7, 11) is -3.91. The van der Waals surface area contributed by atoms with Crippen LogP contribution in [0.2, 0.25) is 0 Å². The highest BCUT2D eigenvalue weighted by Gasteiger charge is 2.36. The van der Waals surface area contributed by atoms with E-state index >= 15 is 0 Å². The molecule has 1 aromatic carbocycles. The fraction of sp³-hybridized carbons (Fsp3) is 0.650. The molecule has 166 valence electrons. The zero-order chi connectivity index (χ0) is 22.9. The molecule has 0 saturated heterocycles. The zero-order valence-corrected chi connectivity index (χ0v) is 20.3. The summed E-state index contributed by atoms with van der Waals surface area (Å²) in [6.45, 7) is 13.7. The van der Waals surface area contributed by atoms with Crippen LogP contribution in [0.25, 0.3) is 10.4 Å². The molecule has 1 aromatic rings. The van der Waals surface area contributed by atoms with E-state index in [1.165, 1.54) is 0 Å². The summed E-state index contributed by atoms with van der Waals surface area (Å²) in [5.41, 5.74) is 11.3. The molecule has 1 aliphatic heterocycles.